The number of allylic oxidation sites excluding steroid dienone is 1. The minimum absolute atomic E-state index is 0.168. The molecule has 1 aliphatic rings. The van der Waals surface area contributed by atoms with Gasteiger partial charge in [-0.25, -0.2) is 0 Å². The highest BCUT2D eigenvalue weighted by Gasteiger charge is 2.41. The third kappa shape index (κ3) is 3.99. The number of rotatable bonds is 6. The molecule has 5 unspecified atom stereocenters. The van der Waals surface area contributed by atoms with Crippen LogP contribution < -0.4 is 0 Å². The molecule has 0 radical (unpaired) electrons. The number of ether oxygens (including phenoxy) is 2. The molecule has 1 aromatic carbocycles. The predicted octanol–water partition coefficient (Wildman–Crippen LogP) is 4.85. The summed E-state index contributed by atoms with van der Waals surface area (Å²) in [6.45, 7) is 14.4. The zero-order chi connectivity index (χ0) is 16.1. The van der Waals surface area contributed by atoms with Crippen molar-refractivity contribution < 1.29 is 9.47 Å². The molecule has 1 aromatic rings. The van der Waals surface area contributed by atoms with E-state index in [1.807, 2.05) is 18.2 Å². The summed E-state index contributed by atoms with van der Waals surface area (Å²) in [6, 6.07) is 10.3. The number of hydrogen-bond donors (Lipinski definition) is 0. The third-order valence-electron chi connectivity index (χ3n) is 5.07. The first-order valence-electron chi connectivity index (χ1n) is 8.47. The summed E-state index contributed by atoms with van der Waals surface area (Å²) in [4.78, 5) is 0. The molecule has 0 aromatic heterocycles. The van der Waals surface area contributed by atoms with Crippen molar-refractivity contribution in [2.24, 2.45) is 17.8 Å². The molecule has 0 aliphatic carbocycles. The first-order chi connectivity index (χ1) is 10.5. The molecule has 1 fully saturated rings. The second kappa shape index (κ2) is 7.94. The molecule has 0 bridgehead atoms. The molecule has 1 aliphatic heterocycles. The van der Waals surface area contributed by atoms with Crippen LogP contribution in [0.25, 0.3) is 0 Å². The fourth-order valence-corrected chi connectivity index (χ4v) is 3.77. The van der Waals surface area contributed by atoms with Gasteiger partial charge >= 0.3 is 0 Å². The lowest BCUT2D eigenvalue weighted by Crippen LogP contribution is -2.47. The molecule has 22 heavy (non-hydrogen) atoms. The number of hydrogen-bond acceptors (Lipinski definition) is 2. The second-order valence-electron chi connectivity index (χ2n) is 6.68. The molecule has 0 spiro atoms. The van der Waals surface area contributed by atoms with Crippen LogP contribution in [0.4, 0.5) is 0 Å². The molecule has 0 N–H and O–H groups in total. The van der Waals surface area contributed by atoms with Gasteiger partial charge in [0.1, 0.15) is 0 Å². The van der Waals surface area contributed by atoms with Gasteiger partial charge in [0.25, 0.3) is 0 Å². The Morgan fingerprint density at radius 3 is 2.50 bits per heavy atom. The van der Waals surface area contributed by atoms with Gasteiger partial charge in [0.2, 0.25) is 0 Å². The maximum atomic E-state index is 6.25. The van der Waals surface area contributed by atoms with Crippen molar-refractivity contribution in [2.75, 3.05) is 6.61 Å². The van der Waals surface area contributed by atoms with Crippen LogP contribution in [0.1, 0.15) is 39.7 Å². The lowest BCUT2D eigenvalue weighted by atomic mass is 9.70. The quantitative estimate of drug-likeness (QED) is 0.700. The van der Waals surface area contributed by atoms with Crippen LogP contribution in [-0.4, -0.2) is 18.8 Å². The highest BCUT2D eigenvalue weighted by atomic mass is 16.5. The van der Waals surface area contributed by atoms with Crippen molar-refractivity contribution in [3.63, 3.8) is 0 Å². The standard InChI is InChI=1S/C20H30O2/c1-6-18-19(13-21-12-17-10-8-7-9-11-17)22-16(5)15(4)20(18)14(2)3/h7-11,15-16,18-20H,2,6,12-13H2,1,3-5H3. The van der Waals surface area contributed by atoms with Gasteiger partial charge in [0.15, 0.2) is 0 Å². The Morgan fingerprint density at radius 1 is 1.23 bits per heavy atom. The topological polar surface area (TPSA) is 18.5 Å². The van der Waals surface area contributed by atoms with Gasteiger partial charge in [-0.15, -0.1) is 0 Å². The molecule has 0 amide bonds. The van der Waals surface area contributed by atoms with E-state index in [9.17, 15) is 0 Å². The normalized spacial score (nSPS) is 31.9. The van der Waals surface area contributed by atoms with E-state index >= 15 is 0 Å². The lowest BCUT2D eigenvalue weighted by Gasteiger charge is -2.45. The summed E-state index contributed by atoms with van der Waals surface area (Å²) in [5, 5.41) is 0. The average molecular weight is 302 g/mol. The first kappa shape index (κ1) is 17.2. The van der Waals surface area contributed by atoms with E-state index < -0.39 is 0 Å². The van der Waals surface area contributed by atoms with E-state index in [-0.39, 0.29) is 12.2 Å². The van der Waals surface area contributed by atoms with Gasteiger partial charge < -0.3 is 9.47 Å². The highest BCUT2D eigenvalue weighted by molar-refractivity contribution is 5.13. The fourth-order valence-electron chi connectivity index (χ4n) is 3.77. The van der Waals surface area contributed by atoms with E-state index in [1.54, 1.807) is 0 Å². The Balaban J connectivity index is 1.97. The van der Waals surface area contributed by atoms with Crippen LogP contribution in [0.15, 0.2) is 42.5 Å². The molecule has 122 valence electrons. The van der Waals surface area contributed by atoms with Crippen LogP contribution in [0, 0.1) is 17.8 Å². The summed E-state index contributed by atoms with van der Waals surface area (Å²) >= 11 is 0. The van der Waals surface area contributed by atoms with E-state index in [0.717, 1.165) is 6.42 Å². The minimum atomic E-state index is 0.168. The minimum Gasteiger partial charge on any atom is -0.374 e. The molecular formula is C20H30O2. The van der Waals surface area contributed by atoms with Crippen molar-refractivity contribution >= 4 is 0 Å². The van der Waals surface area contributed by atoms with Gasteiger partial charge in [-0.1, -0.05) is 62.8 Å². The SMILES string of the molecule is C=C(C)C1C(C)C(C)OC(COCc2ccccc2)C1CC. The van der Waals surface area contributed by atoms with E-state index in [1.165, 1.54) is 11.1 Å². The zero-order valence-electron chi connectivity index (χ0n) is 14.4. The van der Waals surface area contributed by atoms with Crippen molar-refractivity contribution in [1.82, 2.24) is 0 Å². The first-order valence-corrected chi connectivity index (χ1v) is 8.47. The summed E-state index contributed by atoms with van der Waals surface area (Å²) < 4.78 is 12.2. The smallest absolute Gasteiger partial charge is 0.0846 e. The highest BCUT2D eigenvalue weighted by Crippen LogP contribution is 2.40. The lowest BCUT2D eigenvalue weighted by molar-refractivity contribution is -0.151. The van der Waals surface area contributed by atoms with E-state index in [2.05, 4.69) is 46.4 Å². The summed E-state index contributed by atoms with van der Waals surface area (Å²) in [6.07, 6.45) is 1.53. The Bertz CT molecular complexity index is 468. The predicted molar refractivity (Wildman–Crippen MR) is 91.7 cm³/mol. The van der Waals surface area contributed by atoms with Crippen LogP contribution in [0.3, 0.4) is 0 Å². The van der Waals surface area contributed by atoms with Gasteiger partial charge in [0.05, 0.1) is 25.4 Å². The van der Waals surface area contributed by atoms with Gasteiger partial charge in [0, 0.05) is 0 Å². The molecule has 0 saturated carbocycles. The summed E-state index contributed by atoms with van der Waals surface area (Å²) in [5.41, 5.74) is 2.49. The monoisotopic (exact) mass is 302 g/mol. The maximum absolute atomic E-state index is 6.25. The Labute approximate surface area is 135 Å². The number of benzene rings is 1. The molecule has 2 nitrogen and oxygen atoms in total. The molecule has 2 rings (SSSR count). The summed E-state index contributed by atoms with van der Waals surface area (Å²) in [7, 11) is 0. The van der Waals surface area contributed by atoms with Gasteiger partial charge in [-0.3, -0.25) is 0 Å². The van der Waals surface area contributed by atoms with Gasteiger partial charge in [-0.2, -0.15) is 0 Å². The van der Waals surface area contributed by atoms with Crippen LogP contribution >= 0.6 is 0 Å². The Hall–Kier alpha value is -1.12. The molecule has 1 saturated heterocycles. The second-order valence-corrected chi connectivity index (χ2v) is 6.68. The van der Waals surface area contributed by atoms with E-state index in [4.69, 9.17) is 9.47 Å². The van der Waals surface area contributed by atoms with Crippen LogP contribution in [0.5, 0.6) is 0 Å². The molecular weight excluding hydrogens is 272 g/mol. The van der Waals surface area contributed by atoms with Crippen molar-refractivity contribution in [1.29, 1.82) is 0 Å². The van der Waals surface area contributed by atoms with E-state index in [0.29, 0.717) is 31.0 Å². The van der Waals surface area contributed by atoms with Crippen molar-refractivity contribution in [3.05, 3.63) is 48.0 Å². The van der Waals surface area contributed by atoms with Crippen LogP contribution in [0.2, 0.25) is 0 Å². The van der Waals surface area contributed by atoms with Gasteiger partial charge in [-0.05, 0) is 37.2 Å². The Morgan fingerprint density at radius 2 is 1.91 bits per heavy atom. The maximum Gasteiger partial charge on any atom is 0.0846 e. The molecule has 1 heterocycles. The molecule has 2 heteroatoms. The van der Waals surface area contributed by atoms with Crippen LogP contribution in [-0.2, 0) is 16.1 Å². The van der Waals surface area contributed by atoms with Crippen molar-refractivity contribution in [2.45, 2.75) is 52.9 Å². The average Bonchev–Trinajstić information content (AvgIpc) is 2.50. The Kier molecular flexibility index (Phi) is 6.22. The fraction of sp³-hybridized carbons (Fsp3) is 0.600. The summed E-state index contributed by atoms with van der Waals surface area (Å²) in [5.74, 6) is 1.55. The zero-order valence-corrected chi connectivity index (χ0v) is 14.4. The third-order valence-corrected chi connectivity index (χ3v) is 5.07. The van der Waals surface area contributed by atoms with Crippen molar-refractivity contribution in [3.8, 4) is 0 Å². The molecule has 5 atom stereocenters. The largest absolute Gasteiger partial charge is 0.374 e.